The molecule has 1 N–H and O–H groups in total. The predicted octanol–water partition coefficient (Wildman–Crippen LogP) is 6.82. The van der Waals surface area contributed by atoms with Crippen LogP contribution in [0.5, 0.6) is 0 Å². The van der Waals surface area contributed by atoms with E-state index in [2.05, 4.69) is 62.3 Å². The minimum atomic E-state index is -0.798. The normalized spacial score (nSPS) is 43.8. The minimum Gasteiger partial charge on any atom is -0.481 e. The van der Waals surface area contributed by atoms with Gasteiger partial charge in [0.1, 0.15) is 6.10 Å². The summed E-state index contributed by atoms with van der Waals surface area (Å²) in [5.41, 5.74) is 0.292. The summed E-state index contributed by atoms with van der Waals surface area (Å²) in [6.45, 7) is 20.7. The van der Waals surface area contributed by atoms with Crippen LogP contribution in [-0.4, -0.2) is 23.1 Å². The summed E-state index contributed by atoms with van der Waals surface area (Å²) in [7, 11) is 0. The maximum absolute atomic E-state index is 13.8. The van der Waals surface area contributed by atoms with Crippen LogP contribution >= 0.6 is 0 Å². The molecule has 0 radical (unpaired) electrons. The van der Waals surface area contributed by atoms with E-state index < -0.39 is 17.8 Å². The van der Waals surface area contributed by atoms with Gasteiger partial charge in [-0.05, 0) is 71.5 Å². The van der Waals surface area contributed by atoms with E-state index >= 15 is 0 Å². The van der Waals surface area contributed by atoms with Crippen molar-refractivity contribution in [1.82, 2.24) is 0 Å². The van der Waals surface area contributed by atoms with Gasteiger partial charge in [0.05, 0.1) is 11.8 Å². The fourth-order valence-electron chi connectivity index (χ4n) is 9.20. The second kappa shape index (κ2) is 7.72. The standard InChI is InChI=1S/C29H48O4/c1-10-26(3,4)22-17-15-18(23(22)27(5,6)11-2)21(20(17)24(30)31)25(32)33-19-14-16-12-13-29(19,9)28(16,7)8/h16-23H,10-15H2,1-9H3,(H,30,31). The molecule has 0 spiro atoms. The van der Waals surface area contributed by atoms with Crippen molar-refractivity contribution in [2.24, 2.45) is 63.1 Å². The molecule has 4 heteroatoms. The lowest BCUT2D eigenvalue weighted by Crippen LogP contribution is -2.51. The molecule has 0 heterocycles. The van der Waals surface area contributed by atoms with E-state index in [1.54, 1.807) is 0 Å². The molecular weight excluding hydrogens is 412 g/mol. The topological polar surface area (TPSA) is 63.6 Å². The first-order chi connectivity index (χ1) is 15.1. The first-order valence-electron chi connectivity index (χ1n) is 13.6. The second-order valence-electron chi connectivity index (χ2n) is 14.2. The smallest absolute Gasteiger partial charge is 0.310 e. The first kappa shape index (κ1) is 25.0. The third-order valence-electron chi connectivity index (χ3n) is 12.3. The Bertz CT molecular complexity index is 810. The van der Waals surface area contributed by atoms with E-state index in [4.69, 9.17) is 4.74 Å². The highest BCUT2D eigenvalue weighted by molar-refractivity contribution is 5.83. The van der Waals surface area contributed by atoms with Crippen molar-refractivity contribution in [2.45, 2.75) is 107 Å². The lowest BCUT2D eigenvalue weighted by molar-refractivity contribution is -0.176. The molecule has 0 aromatic rings. The van der Waals surface area contributed by atoms with Crippen LogP contribution in [0.3, 0.4) is 0 Å². The van der Waals surface area contributed by atoms with Crippen molar-refractivity contribution >= 4 is 11.9 Å². The highest BCUT2D eigenvalue weighted by Gasteiger charge is 2.68. The summed E-state index contributed by atoms with van der Waals surface area (Å²) in [6.07, 6.45) is 6.08. The summed E-state index contributed by atoms with van der Waals surface area (Å²) >= 11 is 0. The van der Waals surface area contributed by atoms with Crippen molar-refractivity contribution in [2.75, 3.05) is 0 Å². The lowest BCUT2D eigenvalue weighted by atomic mass is 9.53. The first-order valence-corrected chi connectivity index (χ1v) is 13.6. The number of ether oxygens (including phenoxy) is 1. The maximum Gasteiger partial charge on any atom is 0.310 e. The number of carbonyl (C=O) groups is 2. The van der Waals surface area contributed by atoms with E-state index in [1.807, 2.05) is 0 Å². The van der Waals surface area contributed by atoms with Crippen LogP contribution in [0, 0.1) is 63.1 Å². The summed E-state index contributed by atoms with van der Waals surface area (Å²) in [4.78, 5) is 26.5. The number of carboxylic acid groups (broad SMARTS) is 1. The Morgan fingerprint density at radius 2 is 1.42 bits per heavy atom. The van der Waals surface area contributed by atoms with E-state index in [0.29, 0.717) is 17.8 Å². The Labute approximate surface area is 201 Å². The summed E-state index contributed by atoms with van der Waals surface area (Å²) < 4.78 is 6.34. The van der Waals surface area contributed by atoms with E-state index in [1.165, 1.54) is 6.42 Å². The van der Waals surface area contributed by atoms with Gasteiger partial charge in [-0.2, -0.15) is 0 Å². The van der Waals surface area contributed by atoms with Crippen molar-refractivity contribution in [3.63, 3.8) is 0 Å². The van der Waals surface area contributed by atoms with Crippen molar-refractivity contribution < 1.29 is 19.4 Å². The molecule has 4 aliphatic rings. The predicted molar refractivity (Wildman–Crippen MR) is 130 cm³/mol. The Kier molecular flexibility index (Phi) is 5.86. The van der Waals surface area contributed by atoms with Gasteiger partial charge in [0, 0.05) is 5.41 Å². The van der Waals surface area contributed by atoms with Gasteiger partial charge in [-0.3, -0.25) is 9.59 Å². The van der Waals surface area contributed by atoms with Crippen LogP contribution < -0.4 is 0 Å². The zero-order valence-corrected chi connectivity index (χ0v) is 22.5. The van der Waals surface area contributed by atoms with Crippen molar-refractivity contribution in [1.29, 1.82) is 0 Å². The Morgan fingerprint density at radius 3 is 1.82 bits per heavy atom. The van der Waals surface area contributed by atoms with Gasteiger partial charge in [-0.25, -0.2) is 0 Å². The molecule has 4 aliphatic carbocycles. The summed E-state index contributed by atoms with van der Waals surface area (Å²) in [6, 6.07) is 0. The largest absolute Gasteiger partial charge is 0.481 e. The maximum atomic E-state index is 13.8. The molecule has 0 aliphatic heterocycles. The van der Waals surface area contributed by atoms with Gasteiger partial charge in [0.2, 0.25) is 0 Å². The summed E-state index contributed by atoms with van der Waals surface area (Å²) in [5, 5.41) is 10.3. The quantitative estimate of drug-likeness (QED) is 0.424. The van der Waals surface area contributed by atoms with E-state index in [9.17, 15) is 14.7 Å². The molecule has 0 amide bonds. The molecule has 4 nitrogen and oxygen atoms in total. The molecular formula is C29H48O4. The zero-order valence-electron chi connectivity index (χ0n) is 22.5. The fraction of sp³-hybridized carbons (Fsp3) is 0.931. The van der Waals surface area contributed by atoms with Gasteiger partial charge in [0.25, 0.3) is 0 Å². The third kappa shape index (κ3) is 3.35. The Balaban J connectivity index is 1.66. The third-order valence-corrected chi connectivity index (χ3v) is 12.3. The number of esters is 1. The fourth-order valence-corrected chi connectivity index (χ4v) is 9.20. The number of carbonyl (C=O) groups excluding carboxylic acids is 1. The van der Waals surface area contributed by atoms with Crippen LogP contribution in [0.15, 0.2) is 0 Å². The lowest BCUT2D eigenvalue weighted by Gasteiger charge is -2.51. The zero-order chi connectivity index (χ0) is 24.7. The number of hydrogen-bond acceptors (Lipinski definition) is 3. The average molecular weight is 461 g/mol. The van der Waals surface area contributed by atoms with E-state index in [0.717, 1.165) is 32.1 Å². The van der Waals surface area contributed by atoms with Crippen molar-refractivity contribution in [3.05, 3.63) is 0 Å². The molecule has 4 rings (SSSR count). The SMILES string of the molecule is CCC(C)(C)C1C2CC(C(C(=O)OC3CC4CCC3(C)C4(C)C)C2C(=O)O)C1C(C)(C)CC. The van der Waals surface area contributed by atoms with Gasteiger partial charge in [0.15, 0.2) is 0 Å². The highest BCUT2D eigenvalue weighted by atomic mass is 16.5. The van der Waals surface area contributed by atoms with Gasteiger partial charge < -0.3 is 9.84 Å². The second-order valence-corrected chi connectivity index (χ2v) is 14.2. The molecule has 4 fully saturated rings. The molecule has 33 heavy (non-hydrogen) atoms. The molecule has 0 aromatic carbocycles. The number of hydrogen-bond donors (Lipinski definition) is 1. The average Bonchev–Trinajstić information content (AvgIpc) is 3.41. The van der Waals surface area contributed by atoms with Gasteiger partial charge in [-0.1, -0.05) is 75.2 Å². The van der Waals surface area contributed by atoms with Gasteiger partial charge >= 0.3 is 11.9 Å². The van der Waals surface area contributed by atoms with Crippen molar-refractivity contribution in [3.8, 4) is 0 Å². The molecule has 0 saturated heterocycles. The number of carboxylic acids is 1. The summed E-state index contributed by atoms with van der Waals surface area (Å²) in [5.74, 6) is -0.689. The highest BCUT2D eigenvalue weighted by Crippen LogP contribution is 2.69. The van der Waals surface area contributed by atoms with E-state index in [-0.39, 0.29) is 45.6 Å². The number of aliphatic carboxylic acids is 1. The number of fused-ring (bicyclic) bond motifs is 4. The molecule has 188 valence electrons. The van der Waals surface area contributed by atoms with Crippen LogP contribution in [0.25, 0.3) is 0 Å². The minimum absolute atomic E-state index is 0.00149. The molecule has 4 saturated carbocycles. The Morgan fingerprint density at radius 1 is 0.909 bits per heavy atom. The molecule has 0 aromatic heterocycles. The molecule has 4 bridgehead atoms. The van der Waals surface area contributed by atoms with Crippen LogP contribution in [0.1, 0.15) is 101 Å². The number of rotatable bonds is 7. The van der Waals surface area contributed by atoms with Crippen LogP contribution in [0.4, 0.5) is 0 Å². The Hall–Kier alpha value is -1.06. The van der Waals surface area contributed by atoms with Crippen LogP contribution in [-0.2, 0) is 14.3 Å². The monoisotopic (exact) mass is 460 g/mol. The molecule has 9 unspecified atom stereocenters. The van der Waals surface area contributed by atoms with Crippen LogP contribution in [0.2, 0.25) is 0 Å². The molecule has 9 atom stereocenters. The van der Waals surface area contributed by atoms with Gasteiger partial charge in [-0.15, -0.1) is 0 Å².